The molecule has 0 radical (unpaired) electrons. The highest BCUT2D eigenvalue weighted by molar-refractivity contribution is 5.11. The van der Waals surface area contributed by atoms with Crippen molar-refractivity contribution in [1.29, 1.82) is 0 Å². The van der Waals surface area contributed by atoms with Gasteiger partial charge in [-0.25, -0.2) is 0 Å². The molecule has 0 fully saturated rings. The maximum absolute atomic E-state index is 3.78. The zero-order valence-corrected chi connectivity index (χ0v) is 10.4. The fourth-order valence-corrected chi connectivity index (χ4v) is 0.705. The molecule has 1 heterocycles. The van der Waals surface area contributed by atoms with Crippen molar-refractivity contribution in [2.75, 3.05) is 0 Å². The number of aromatic nitrogens is 1. The van der Waals surface area contributed by atoms with Crippen LogP contribution in [0, 0.1) is 0 Å². The van der Waals surface area contributed by atoms with Crippen LogP contribution in [0.3, 0.4) is 0 Å². The van der Waals surface area contributed by atoms with E-state index in [1.807, 2.05) is 45.9 Å². The number of hydrogen-bond acceptors (Lipinski definition) is 1. The summed E-state index contributed by atoms with van der Waals surface area (Å²) >= 11 is 0. The Morgan fingerprint density at radius 2 is 1.20 bits per heavy atom. The van der Waals surface area contributed by atoms with Crippen LogP contribution >= 0.6 is 0 Å². The van der Waals surface area contributed by atoms with Gasteiger partial charge in [0.25, 0.3) is 0 Å². The van der Waals surface area contributed by atoms with Crippen molar-refractivity contribution >= 4 is 0 Å². The predicted molar refractivity (Wildman–Crippen MR) is 69.8 cm³/mol. The normalized spacial score (nSPS) is 9.87. The molecule has 0 atom stereocenters. The van der Waals surface area contributed by atoms with Gasteiger partial charge < -0.3 is 0 Å². The molecule has 0 unspecified atom stereocenters. The van der Waals surface area contributed by atoms with Gasteiger partial charge in [0.15, 0.2) is 0 Å². The van der Waals surface area contributed by atoms with Gasteiger partial charge in [0.1, 0.15) is 0 Å². The van der Waals surface area contributed by atoms with Crippen molar-refractivity contribution < 1.29 is 0 Å². The van der Waals surface area contributed by atoms with E-state index in [1.165, 1.54) is 0 Å². The molecule has 15 heavy (non-hydrogen) atoms. The van der Waals surface area contributed by atoms with E-state index in [1.54, 1.807) is 12.4 Å². The molecule has 0 saturated carbocycles. The Balaban J connectivity index is 0. The summed E-state index contributed by atoms with van der Waals surface area (Å²) in [5.74, 6) is 0. The van der Waals surface area contributed by atoms with Gasteiger partial charge in [0, 0.05) is 12.4 Å². The van der Waals surface area contributed by atoms with Crippen molar-refractivity contribution in [1.82, 2.24) is 4.98 Å². The molecule has 0 spiro atoms. The lowest BCUT2D eigenvalue weighted by Gasteiger charge is -1.70. The smallest absolute Gasteiger partial charge is 0.0267 e. The molecule has 0 saturated heterocycles. The summed E-state index contributed by atoms with van der Waals surface area (Å²) in [5.41, 5.74) is 0. The van der Waals surface area contributed by atoms with E-state index >= 15 is 0 Å². The molecule has 1 aromatic heterocycles. The van der Waals surface area contributed by atoms with Gasteiger partial charge in [-0.05, 0) is 18.6 Å². The largest absolute Gasteiger partial charge is 0.265 e. The lowest BCUT2D eigenvalue weighted by Crippen LogP contribution is -1.58. The Labute approximate surface area is 94.6 Å². The zero-order chi connectivity index (χ0) is 11.8. The minimum Gasteiger partial charge on any atom is -0.265 e. The van der Waals surface area contributed by atoms with Crippen molar-refractivity contribution in [2.24, 2.45) is 0 Å². The highest BCUT2D eigenvalue weighted by Gasteiger charge is 1.72. The molecule has 84 valence electrons. The first-order valence-electron chi connectivity index (χ1n) is 5.67. The number of hydrogen-bond donors (Lipinski definition) is 0. The van der Waals surface area contributed by atoms with E-state index in [9.17, 15) is 0 Å². The van der Waals surface area contributed by atoms with Crippen molar-refractivity contribution in [3.63, 3.8) is 0 Å². The molecule has 1 aromatic rings. The molecule has 1 aliphatic rings. The topological polar surface area (TPSA) is 12.9 Å². The summed E-state index contributed by atoms with van der Waals surface area (Å²) in [7, 11) is 0. The average molecular weight is 205 g/mol. The van der Waals surface area contributed by atoms with Gasteiger partial charge >= 0.3 is 0 Å². The van der Waals surface area contributed by atoms with E-state index in [0.717, 1.165) is 6.42 Å². The highest BCUT2D eigenvalue weighted by atomic mass is 14.6. The third-order valence-electron chi connectivity index (χ3n) is 1.22. The third-order valence-corrected chi connectivity index (χ3v) is 1.22. The van der Waals surface area contributed by atoms with Crippen molar-refractivity contribution in [2.45, 2.75) is 34.1 Å². The quantitative estimate of drug-likeness (QED) is 0.601. The van der Waals surface area contributed by atoms with Crippen LogP contribution in [0.15, 0.2) is 54.9 Å². The van der Waals surface area contributed by atoms with E-state index in [0.29, 0.717) is 0 Å². The molecule has 1 aliphatic carbocycles. The van der Waals surface area contributed by atoms with Crippen LogP contribution in [0.1, 0.15) is 34.1 Å². The molecule has 1 heteroatoms. The van der Waals surface area contributed by atoms with Gasteiger partial charge in [0.05, 0.1) is 0 Å². The third kappa shape index (κ3) is 15.4. The standard InChI is InChI=1S/C5H5N.C5H6.2C2H6/c1-2-4-6-5-3-1;1-2-4-5-3-1;2*1-2/h1-5H;1-4H,5H2;2*1-2H3. The maximum Gasteiger partial charge on any atom is 0.0267 e. The van der Waals surface area contributed by atoms with Crippen LogP contribution in [0.4, 0.5) is 0 Å². The first kappa shape index (κ1) is 16.1. The predicted octanol–water partition coefficient (Wildman–Crippen LogP) is 4.64. The zero-order valence-electron chi connectivity index (χ0n) is 10.4. The molecule has 0 N–H and O–H groups in total. The maximum atomic E-state index is 3.78. The molecule has 0 bridgehead atoms. The summed E-state index contributed by atoms with van der Waals surface area (Å²) in [6, 6.07) is 5.72. The molecule has 0 aliphatic heterocycles. The Morgan fingerprint density at radius 3 is 1.33 bits per heavy atom. The number of pyridine rings is 1. The minimum absolute atomic E-state index is 1.14. The summed E-state index contributed by atoms with van der Waals surface area (Å²) in [6.45, 7) is 8.00. The summed E-state index contributed by atoms with van der Waals surface area (Å²) in [6.07, 6.45) is 13.0. The van der Waals surface area contributed by atoms with E-state index in [2.05, 4.69) is 29.3 Å². The second-order valence-electron chi connectivity index (χ2n) is 2.12. The van der Waals surface area contributed by atoms with Gasteiger partial charge in [-0.1, -0.05) is 58.1 Å². The van der Waals surface area contributed by atoms with Crippen LogP contribution < -0.4 is 0 Å². The van der Waals surface area contributed by atoms with Gasteiger partial charge in [-0.2, -0.15) is 0 Å². The van der Waals surface area contributed by atoms with E-state index in [4.69, 9.17) is 0 Å². The number of allylic oxidation sites excluding steroid dienone is 4. The van der Waals surface area contributed by atoms with E-state index < -0.39 is 0 Å². The molecular formula is C14H23N. The number of rotatable bonds is 0. The van der Waals surface area contributed by atoms with Crippen LogP contribution in [0.2, 0.25) is 0 Å². The monoisotopic (exact) mass is 205 g/mol. The Hall–Kier alpha value is -1.37. The summed E-state index contributed by atoms with van der Waals surface area (Å²) in [4.78, 5) is 3.78. The highest BCUT2D eigenvalue weighted by Crippen LogP contribution is 1.93. The minimum atomic E-state index is 1.14. The van der Waals surface area contributed by atoms with Crippen LogP contribution in [0.25, 0.3) is 0 Å². The first-order chi connectivity index (χ1) is 7.50. The summed E-state index contributed by atoms with van der Waals surface area (Å²) in [5, 5.41) is 0. The molecular weight excluding hydrogens is 182 g/mol. The lowest BCUT2D eigenvalue weighted by molar-refractivity contribution is 1.33. The first-order valence-corrected chi connectivity index (χ1v) is 5.67. The molecule has 0 aromatic carbocycles. The average Bonchev–Trinajstić information content (AvgIpc) is 2.95. The Bertz CT molecular complexity index is 188. The fraction of sp³-hybridized carbons (Fsp3) is 0.357. The fourth-order valence-electron chi connectivity index (χ4n) is 0.705. The number of nitrogens with zero attached hydrogens (tertiary/aromatic N) is 1. The van der Waals surface area contributed by atoms with Gasteiger partial charge in [-0.15, -0.1) is 0 Å². The SMILES string of the molecule is C1=CCC=C1.CC.CC.c1ccncc1. The van der Waals surface area contributed by atoms with Crippen LogP contribution in [-0.4, -0.2) is 4.98 Å². The second kappa shape index (κ2) is 18.4. The van der Waals surface area contributed by atoms with E-state index in [-0.39, 0.29) is 0 Å². The van der Waals surface area contributed by atoms with Gasteiger partial charge in [0.2, 0.25) is 0 Å². The molecule has 1 nitrogen and oxygen atoms in total. The van der Waals surface area contributed by atoms with Crippen molar-refractivity contribution in [3.8, 4) is 0 Å². The van der Waals surface area contributed by atoms with Gasteiger partial charge in [-0.3, -0.25) is 4.98 Å². The Morgan fingerprint density at radius 1 is 0.733 bits per heavy atom. The van der Waals surface area contributed by atoms with Crippen molar-refractivity contribution in [3.05, 3.63) is 54.9 Å². The second-order valence-corrected chi connectivity index (χ2v) is 2.12. The molecule has 2 rings (SSSR count). The lowest BCUT2D eigenvalue weighted by atomic mass is 10.5. The Kier molecular flexibility index (Phi) is 19.7. The molecule has 0 amide bonds. The van der Waals surface area contributed by atoms with Crippen LogP contribution in [0.5, 0.6) is 0 Å². The van der Waals surface area contributed by atoms with Crippen LogP contribution in [-0.2, 0) is 0 Å². The summed E-state index contributed by atoms with van der Waals surface area (Å²) < 4.78 is 0.